The van der Waals surface area contributed by atoms with Gasteiger partial charge in [0.15, 0.2) is 0 Å². The van der Waals surface area contributed by atoms with Crippen LogP contribution in [-0.2, 0) is 25.7 Å². The minimum Gasteiger partial charge on any atom is -0.494 e. The summed E-state index contributed by atoms with van der Waals surface area (Å²) >= 11 is 6.12. The van der Waals surface area contributed by atoms with Crippen molar-refractivity contribution in [2.45, 2.75) is 69.4 Å². The van der Waals surface area contributed by atoms with Crippen LogP contribution < -0.4 is 15.4 Å². The van der Waals surface area contributed by atoms with Gasteiger partial charge in [-0.25, -0.2) is 0 Å². The van der Waals surface area contributed by atoms with E-state index < -0.39 is 29.6 Å². The molecule has 0 aromatic heterocycles. The van der Waals surface area contributed by atoms with Crippen molar-refractivity contribution in [3.8, 4) is 5.75 Å². The first-order valence-electron chi connectivity index (χ1n) is 14.2. The van der Waals surface area contributed by atoms with Crippen molar-refractivity contribution in [2.24, 2.45) is 11.8 Å². The lowest BCUT2D eigenvalue weighted by Gasteiger charge is -2.34. The number of likely N-dealkylation sites (tertiary alicyclic amines) is 1. The molecule has 3 fully saturated rings. The molecule has 210 valence electrons. The highest BCUT2D eigenvalue weighted by Crippen LogP contribution is 2.55. The molecule has 0 unspecified atom stereocenters. The van der Waals surface area contributed by atoms with Crippen molar-refractivity contribution in [3.05, 3.63) is 71.3 Å². The van der Waals surface area contributed by atoms with Crippen LogP contribution in [-0.4, -0.2) is 53.0 Å². The van der Waals surface area contributed by atoms with Gasteiger partial charge in [-0.1, -0.05) is 67.3 Å². The third kappa shape index (κ3) is 4.67. The third-order valence-corrected chi connectivity index (χ3v) is 8.82. The Morgan fingerprint density at radius 3 is 2.67 bits per heavy atom. The number of para-hydroxylation sites is 1. The highest BCUT2D eigenvalue weighted by atomic mass is 35.5. The number of carbonyl (C=O) groups is 3. The number of anilines is 1. The van der Waals surface area contributed by atoms with Crippen LogP contribution in [0.2, 0.25) is 5.02 Å². The number of hydrogen-bond donors (Lipinski definition) is 2. The molecule has 40 heavy (non-hydrogen) atoms. The SMILES string of the molecule is CCOc1ccccc1CN1C(=O)[C@@H]2[C@@H](C(=O)Nc3cccc(Cl)c3)[C@@H]3C=C[C@@]2(O3)[C@H]1C(=O)NC1CCCCC1. The molecule has 3 amide bonds. The Balaban J connectivity index is 1.34. The molecule has 2 aromatic rings. The lowest BCUT2D eigenvalue weighted by molar-refractivity contribution is -0.142. The Morgan fingerprint density at radius 1 is 1.10 bits per heavy atom. The predicted octanol–water partition coefficient (Wildman–Crippen LogP) is 4.48. The number of rotatable bonds is 8. The Morgan fingerprint density at radius 2 is 1.90 bits per heavy atom. The highest BCUT2D eigenvalue weighted by molar-refractivity contribution is 6.30. The van der Waals surface area contributed by atoms with Gasteiger partial charge in [0.2, 0.25) is 17.7 Å². The monoisotopic (exact) mass is 563 g/mol. The molecule has 4 aliphatic rings. The Labute approximate surface area is 239 Å². The van der Waals surface area contributed by atoms with Crippen LogP contribution in [0.3, 0.4) is 0 Å². The molecule has 1 aliphatic carbocycles. The van der Waals surface area contributed by atoms with Crippen LogP contribution >= 0.6 is 11.6 Å². The molecule has 0 radical (unpaired) electrons. The molecule has 2 aromatic carbocycles. The highest BCUT2D eigenvalue weighted by Gasteiger charge is 2.72. The molecule has 3 heterocycles. The van der Waals surface area contributed by atoms with E-state index in [4.69, 9.17) is 21.1 Å². The third-order valence-electron chi connectivity index (χ3n) is 8.58. The van der Waals surface area contributed by atoms with Gasteiger partial charge in [-0.15, -0.1) is 0 Å². The van der Waals surface area contributed by atoms with E-state index in [1.54, 1.807) is 29.2 Å². The summed E-state index contributed by atoms with van der Waals surface area (Å²) in [6.07, 6.45) is 8.19. The molecule has 2 N–H and O–H groups in total. The first-order valence-corrected chi connectivity index (χ1v) is 14.5. The average molecular weight is 564 g/mol. The van der Waals surface area contributed by atoms with Crippen LogP contribution in [0.5, 0.6) is 5.75 Å². The zero-order valence-electron chi connectivity index (χ0n) is 22.5. The number of amides is 3. The minimum absolute atomic E-state index is 0.0638. The van der Waals surface area contributed by atoms with E-state index in [0.29, 0.717) is 23.1 Å². The summed E-state index contributed by atoms with van der Waals surface area (Å²) in [5, 5.41) is 6.63. The van der Waals surface area contributed by atoms with E-state index >= 15 is 0 Å². The number of hydrogen-bond acceptors (Lipinski definition) is 5. The maximum absolute atomic E-state index is 14.3. The van der Waals surface area contributed by atoms with Crippen molar-refractivity contribution < 1.29 is 23.9 Å². The Kier molecular flexibility index (Phi) is 7.31. The second-order valence-corrected chi connectivity index (χ2v) is 11.5. The fourth-order valence-electron chi connectivity index (χ4n) is 6.87. The van der Waals surface area contributed by atoms with Crippen molar-refractivity contribution in [1.29, 1.82) is 0 Å². The van der Waals surface area contributed by atoms with Gasteiger partial charge < -0.3 is 25.0 Å². The molecule has 1 saturated carbocycles. The number of ether oxygens (including phenoxy) is 2. The van der Waals surface area contributed by atoms with Crippen molar-refractivity contribution in [2.75, 3.05) is 11.9 Å². The van der Waals surface area contributed by atoms with Crippen LogP contribution in [0.4, 0.5) is 5.69 Å². The van der Waals surface area contributed by atoms with Gasteiger partial charge in [-0.3, -0.25) is 14.4 Å². The molecule has 5 atom stereocenters. The molecule has 9 heteroatoms. The molecular formula is C31H34ClN3O5. The normalized spacial score (nSPS) is 28.9. The maximum Gasteiger partial charge on any atom is 0.246 e. The summed E-state index contributed by atoms with van der Waals surface area (Å²) in [4.78, 5) is 43.5. The number of fused-ring (bicyclic) bond motifs is 1. The van der Waals surface area contributed by atoms with Crippen LogP contribution in [0.15, 0.2) is 60.7 Å². The Bertz CT molecular complexity index is 1340. The van der Waals surface area contributed by atoms with Gasteiger partial charge in [0.05, 0.1) is 31.1 Å². The van der Waals surface area contributed by atoms with Crippen molar-refractivity contribution in [1.82, 2.24) is 10.2 Å². The van der Waals surface area contributed by atoms with Gasteiger partial charge in [0, 0.05) is 22.3 Å². The van der Waals surface area contributed by atoms with Crippen LogP contribution in [0.1, 0.15) is 44.6 Å². The van der Waals surface area contributed by atoms with E-state index in [1.807, 2.05) is 43.3 Å². The smallest absolute Gasteiger partial charge is 0.246 e. The van der Waals surface area contributed by atoms with Crippen LogP contribution in [0, 0.1) is 11.8 Å². The van der Waals surface area contributed by atoms with E-state index in [1.165, 1.54) is 0 Å². The lowest BCUT2D eigenvalue weighted by atomic mass is 9.74. The summed E-state index contributed by atoms with van der Waals surface area (Å²) in [6.45, 7) is 2.55. The second kappa shape index (κ2) is 10.9. The minimum atomic E-state index is -1.22. The number of carbonyl (C=O) groups excluding carboxylic acids is 3. The molecular weight excluding hydrogens is 530 g/mol. The van der Waals surface area contributed by atoms with E-state index in [2.05, 4.69) is 10.6 Å². The zero-order valence-corrected chi connectivity index (χ0v) is 23.2. The van der Waals surface area contributed by atoms with Crippen molar-refractivity contribution in [3.63, 3.8) is 0 Å². The molecule has 8 nitrogen and oxygen atoms in total. The second-order valence-electron chi connectivity index (χ2n) is 11.1. The predicted molar refractivity (Wildman–Crippen MR) is 151 cm³/mol. The summed E-state index contributed by atoms with van der Waals surface area (Å²) in [5.41, 5.74) is 0.109. The topological polar surface area (TPSA) is 97.0 Å². The standard InChI is InChI=1S/C31H34ClN3O5/c1-2-39-23-14-7-6-9-19(23)18-35-27(29(37)33-21-11-4-3-5-12-21)31-16-15-24(40-31)25(26(31)30(35)38)28(36)34-22-13-8-10-20(32)17-22/h6-10,13-17,21,24-27H,2-5,11-12,18H2,1H3,(H,33,37)(H,34,36)/t24-,25-,26-,27+,31-/m0/s1. The van der Waals surface area contributed by atoms with Gasteiger partial charge >= 0.3 is 0 Å². The summed E-state index contributed by atoms with van der Waals surface area (Å²) in [6, 6.07) is 13.6. The number of nitrogens with zero attached hydrogens (tertiary/aromatic N) is 1. The largest absolute Gasteiger partial charge is 0.494 e. The lowest BCUT2D eigenvalue weighted by Crippen LogP contribution is -2.56. The molecule has 6 rings (SSSR count). The fraction of sp³-hybridized carbons (Fsp3) is 0.452. The van der Waals surface area contributed by atoms with E-state index in [0.717, 1.165) is 37.7 Å². The summed E-state index contributed by atoms with van der Waals surface area (Å²) in [7, 11) is 0. The van der Waals surface area contributed by atoms with Gasteiger partial charge in [0.1, 0.15) is 17.4 Å². The van der Waals surface area contributed by atoms with Crippen molar-refractivity contribution >= 4 is 35.0 Å². The number of nitrogens with one attached hydrogen (secondary N) is 2. The van der Waals surface area contributed by atoms with Gasteiger partial charge in [-0.05, 0) is 44.0 Å². The number of halogens is 1. The first-order chi connectivity index (χ1) is 19.4. The molecule has 3 aliphatic heterocycles. The molecule has 1 spiro atoms. The maximum atomic E-state index is 14.3. The summed E-state index contributed by atoms with van der Waals surface area (Å²) in [5.74, 6) is -1.79. The van der Waals surface area contributed by atoms with Crippen LogP contribution in [0.25, 0.3) is 0 Å². The Hall–Kier alpha value is -3.36. The molecule has 2 bridgehead atoms. The van der Waals surface area contributed by atoms with E-state index in [-0.39, 0.29) is 30.3 Å². The fourth-order valence-corrected chi connectivity index (χ4v) is 7.06. The molecule has 2 saturated heterocycles. The van der Waals surface area contributed by atoms with Gasteiger partial charge in [0.25, 0.3) is 0 Å². The van der Waals surface area contributed by atoms with Gasteiger partial charge in [-0.2, -0.15) is 0 Å². The quantitative estimate of drug-likeness (QED) is 0.462. The van der Waals surface area contributed by atoms with E-state index in [9.17, 15) is 14.4 Å². The first kappa shape index (κ1) is 26.8. The number of benzene rings is 2. The summed E-state index contributed by atoms with van der Waals surface area (Å²) < 4.78 is 12.3. The zero-order chi connectivity index (χ0) is 27.9. The average Bonchev–Trinajstić information content (AvgIpc) is 3.58.